The molecule has 0 aliphatic heterocycles. The number of fused-ring (bicyclic) bond motifs is 1. The number of nitrogens with zero attached hydrogens (tertiary/aromatic N) is 3. The van der Waals surface area contributed by atoms with Gasteiger partial charge in [0.25, 0.3) is 5.91 Å². The van der Waals surface area contributed by atoms with Gasteiger partial charge in [0, 0.05) is 6.20 Å². The molecule has 0 unspecified atom stereocenters. The predicted octanol–water partition coefficient (Wildman–Crippen LogP) is 3.80. The summed E-state index contributed by atoms with van der Waals surface area (Å²) in [6.07, 6.45) is 3.30. The first kappa shape index (κ1) is 16.3. The summed E-state index contributed by atoms with van der Waals surface area (Å²) >= 11 is 1.41. The van der Waals surface area contributed by atoms with Crippen LogP contribution in [0.2, 0.25) is 0 Å². The largest absolute Gasteiger partial charge is 0.497 e. The van der Waals surface area contributed by atoms with Crippen LogP contribution in [0.15, 0.2) is 60.9 Å². The van der Waals surface area contributed by atoms with E-state index in [4.69, 9.17) is 4.74 Å². The smallest absolute Gasteiger partial charge is 0.260 e. The third kappa shape index (κ3) is 3.43. The van der Waals surface area contributed by atoms with Gasteiger partial charge in [0.05, 0.1) is 35.6 Å². The third-order valence-corrected chi connectivity index (χ3v) is 4.83. The molecule has 0 aliphatic rings. The number of anilines is 1. The van der Waals surface area contributed by atoms with Gasteiger partial charge in [0.1, 0.15) is 5.75 Å². The number of thiazole rings is 1. The van der Waals surface area contributed by atoms with Crippen molar-refractivity contribution < 1.29 is 9.53 Å². The molecule has 0 aliphatic carbocycles. The van der Waals surface area contributed by atoms with Crippen LogP contribution in [0.25, 0.3) is 10.2 Å². The summed E-state index contributed by atoms with van der Waals surface area (Å²) in [4.78, 5) is 16.9. The molecule has 4 aromatic rings. The number of amides is 1. The summed E-state index contributed by atoms with van der Waals surface area (Å²) in [7, 11) is 1.62. The zero-order valence-electron chi connectivity index (χ0n) is 14.0. The van der Waals surface area contributed by atoms with Crippen LogP contribution in [0, 0.1) is 0 Å². The topological polar surface area (TPSA) is 69.0 Å². The molecule has 0 radical (unpaired) electrons. The van der Waals surface area contributed by atoms with E-state index < -0.39 is 0 Å². The highest BCUT2D eigenvalue weighted by molar-refractivity contribution is 7.22. The minimum atomic E-state index is -0.227. The minimum absolute atomic E-state index is 0.227. The Hall–Kier alpha value is -3.19. The molecule has 6 nitrogen and oxygen atoms in total. The number of carbonyl (C=O) groups excluding carboxylic acids is 1. The van der Waals surface area contributed by atoms with Gasteiger partial charge in [0.15, 0.2) is 5.13 Å². The van der Waals surface area contributed by atoms with Gasteiger partial charge in [-0.1, -0.05) is 41.7 Å². The van der Waals surface area contributed by atoms with E-state index in [1.165, 1.54) is 11.3 Å². The molecular formula is C19H16N4O2S. The maximum atomic E-state index is 12.5. The number of aromatic nitrogens is 3. The number of nitrogens with one attached hydrogen (secondary N) is 1. The van der Waals surface area contributed by atoms with Crippen LogP contribution in [0.3, 0.4) is 0 Å². The lowest BCUT2D eigenvalue weighted by Crippen LogP contribution is -2.10. The maximum absolute atomic E-state index is 12.5. The zero-order chi connectivity index (χ0) is 17.9. The Morgan fingerprint density at radius 3 is 2.88 bits per heavy atom. The Balaban J connectivity index is 1.48. The Morgan fingerprint density at radius 2 is 2.08 bits per heavy atom. The van der Waals surface area contributed by atoms with Crippen LogP contribution in [-0.2, 0) is 6.54 Å². The predicted molar refractivity (Wildman–Crippen MR) is 102 cm³/mol. The molecule has 130 valence electrons. The lowest BCUT2D eigenvalue weighted by atomic mass is 10.2. The molecule has 0 bridgehead atoms. The normalized spacial score (nSPS) is 10.8. The summed E-state index contributed by atoms with van der Waals surface area (Å²) in [5.74, 6) is 0.538. The lowest BCUT2D eigenvalue weighted by molar-refractivity contribution is 0.102. The first-order chi connectivity index (χ1) is 12.7. The zero-order valence-corrected chi connectivity index (χ0v) is 14.9. The van der Waals surface area contributed by atoms with E-state index in [0.717, 1.165) is 21.5 Å². The average Bonchev–Trinajstić information content (AvgIpc) is 3.28. The SMILES string of the molecule is COc1ccc2nc(NC(=O)c3cnn(Cc4ccccc4)c3)sc2c1. The van der Waals surface area contributed by atoms with Crippen molar-refractivity contribution in [3.05, 3.63) is 72.1 Å². The number of benzene rings is 2. The molecule has 1 amide bonds. The fourth-order valence-corrected chi connectivity index (χ4v) is 3.48. The molecule has 2 aromatic carbocycles. The molecule has 0 fully saturated rings. The number of hydrogen-bond acceptors (Lipinski definition) is 5. The van der Waals surface area contributed by atoms with Crippen LogP contribution < -0.4 is 10.1 Å². The summed E-state index contributed by atoms with van der Waals surface area (Å²) in [6.45, 7) is 0.620. The summed E-state index contributed by atoms with van der Waals surface area (Å²) in [6, 6.07) is 15.6. The second-order valence-corrected chi connectivity index (χ2v) is 6.75. The first-order valence-corrected chi connectivity index (χ1v) is 8.85. The van der Waals surface area contributed by atoms with Gasteiger partial charge in [0.2, 0.25) is 0 Å². The van der Waals surface area contributed by atoms with E-state index in [1.54, 1.807) is 24.2 Å². The van der Waals surface area contributed by atoms with E-state index in [2.05, 4.69) is 15.4 Å². The number of rotatable bonds is 5. The molecule has 7 heteroatoms. The molecule has 0 saturated carbocycles. The highest BCUT2D eigenvalue weighted by atomic mass is 32.1. The van der Waals surface area contributed by atoms with Gasteiger partial charge < -0.3 is 4.74 Å². The Labute approximate surface area is 154 Å². The molecule has 0 saturated heterocycles. The van der Waals surface area contributed by atoms with Crippen molar-refractivity contribution in [3.63, 3.8) is 0 Å². The minimum Gasteiger partial charge on any atom is -0.497 e. The molecular weight excluding hydrogens is 348 g/mol. The van der Waals surface area contributed by atoms with Gasteiger partial charge in [-0.15, -0.1) is 0 Å². The second-order valence-electron chi connectivity index (χ2n) is 5.72. The first-order valence-electron chi connectivity index (χ1n) is 8.03. The fourth-order valence-electron chi connectivity index (χ4n) is 2.59. The monoisotopic (exact) mass is 364 g/mol. The number of methoxy groups -OCH3 is 1. The van der Waals surface area contributed by atoms with E-state index in [0.29, 0.717) is 17.2 Å². The van der Waals surface area contributed by atoms with Crippen molar-refractivity contribution in [2.75, 3.05) is 12.4 Å². The quantitative estimate of drug-likeness (QED) is 0.585. The van der Waals surface area contributed by atoms with Crippen molar-refractivity contribution in [1.82, 2.24) is 14.8 Å². The van der Waals surface area contributed by atoms with Crippen molar-refractivity contribution in [2.45, 2.75) is 6.54 Å². The Kier molecular flexibility index (Phi) is 4.37. The molecule has 0 atom stereocenters. The lowest BCUT2D eigenvalue weighted by Gasteiger charge is -2.01. The molecule has 0 spiro atoms. The molecule has 4 rings (SSSR count). The van der Waals surface area contributed by atoms with Crippen LogP contribution in [0.1, 0.15) is 15.9 Å². The van der Waals surface area contributed by atoms with Crippen molar-refractivity contribution in [3.8, 4) is 5.75 Å². The van der Waals surface area contributed by atoms with Crippen molar-refractivity contribution in [2.24, 2.45) is 0 Å². The standard InChI is InChI=1S/C19H16N4O2S/c1-25-15-7-8-16-17(9-15)26-19(21-16)22-18(24)14-10-20-23(12-14)11-13-5-3-2-4-6-13/h2-10,12H,11H2,1H3,(H,21,22,24). The van der Waals surface area contributed by atoms with E-state index in [1.807, 2.05) is 48.5 Å². The number of ether oxygens (including phenoxy) is 1. The summed E-state index contributed by atoms with van der Waals surface area (Å²) in [5.41, 5.74) is 2.45. The fraction of sp³-hybridized carbons (Fsp3) is 0.105. The van der Waals surface area contributed by atoms with E-state index >= 15 is 0 Å². The van der Waals surface area contributed by atoms with Crippen LogP contribution in [-0.4, -0.2) is 27.8 Å². The van der Waals surface area contributed by atoms with Gasteiger partial charge >= 0.3 is 0 Å². The molecule has 2 aromatic heterocycles. The van der Waals surface area contributed by atoms with Crippen LogP contribution >= 0.6 is 11.3 Å². The van der Waals surface area contributed by atoms with Gasteiger partial charge in [-0.3, -0.25) is 14.8 Å². The third-order valence-electron chi connectivity index (χ3n) is 3.90. The van der Waals surface area contributed by atoms with Gasteiger partial charge in [-0.2, -0.15) is 5.10 Å². The highest BCUT2D eigenvalue weighted by Crippen LogP contribution is 2.29. The number of hydrogen-bond donors (Lipinski definition) is 1. The summed E-state index contributed by atoms with van der Waals surface area (Å²) < 4.78 is 7.92. The maximum Gasteiger partial charge on any atom is 0.260 e. The van der Waals surface area contributed by atoms with Crippen molar-refractivity contribution in [1.29, 1.82) is 0 Å². The van der Waals surface area contributed by atoms with E-state index in [9.17, 15) is 4.79 Å². The molecule has 26 heavy (non-hydrogen) atoms. The Morgan fingerprint density at radius 1 is 1.23 bits per heavy atom. The molecule has 2 heterocycles. The number of carbonyl (C=O) groups is 1. The summed E-state index contributed by atoms with van der Waals surface area (Å²) in [5, 5.41) is 7.65. The molecule has 1 N–H and O–H groups in total. The van der Waals surface area contributed by atoms with Gasteiger partial charge in [-0.25, -0.2) is 4.98 Å². The highest BCUT2D eigenvalue weighted by Gasteiger charge is 2.12. The van der Waals surface area contributed by atoms with Crippen LogP contribution in [0.4, 0.5) is 5.13 Å². The average molecular weight is 364 g/mol. The van der Waals surface area contributed by atoms with E-state index in [-0.39, 0.29) is 5.91 Å². The van der Waals surface area contributed by atoms with Crippen molar-refractivity contribution >= 4 is 32.6 Å². The van der Waals surface area contributed by atoms with Gasteiger partial charge in [-0.05, 0) is 23.8 Å². The second kappa shape index (κ2) is 6.97. The van der Waals surface area contributed by atoms with Crippen LogP contribution in [0.5, 0.6) is 5.75 Å². The Bertz CT molecular complexity index is 1060.